The van der Waals surface area contributed by atoms with E-state index in [1.54, 1.807) is 48.4 Å². The highest BCUT2D eigenvalue weighted by Gasteiger charge is 2.32. The van der Waals surface area contributed by atoms with Crippen molar-refractivity contribution in [2.45, 2.75) is 6.54 Å². The molecule has 23 heavy (non-hydrogen) atoms. The topological polar surface area (TPSA) is 67.8 Å². The Morgan fingerprint density at radius 2 is 2.00 bits per heavy atom. The number of amides is 1. The Labute approximate surface area is 134 Å². The van der Waals surface area contributed by atoms with Gasteiger partial charge in [-0.2, -0.15) is 0 Å². The molecule has 7 heteroatoms. The number of nitrogens with zero attached hydrogens (tertiary/aromatic N) is 4. The molecule has 0 radical (unpaired) electrons. The van der Waals surface area contributed by atoms with E-state index >= 15 is 0 Å². The van der Waals surface area contributed by atoms with Gasteiger partial charge in [-0.15, -0.1) is 0 Å². The Morgan fingerprint density at radius 3 is 2.65 bits per heavy atom. The smallest absolute Gasteiger partial charge is 0.262 e. The minimum absolute atomic E-state index is 0.142. The first-order valence-electron chi connectivity index (χ1n) is 7.12. The fourth-order valence-electron chi connectivity index (χ4n) is 2.49. The summed E-state index contributed by atoms with van der Waals surface area (Å²) < 4.78 is 10.6. The Hall–Kier alpha value is -2.83. The Balaban J connectivity index is 2.02. The molecular formula is C16H18N4O3. The maximum atomic E-state index is 12.7. The van der Waals surface area contributed by atoms with Crippen LogP contribution in [0.4, 0.5) is 11.6 Å². The highest BCUT2D eigenvalue weighted by Crippen LogP contribution is 2.36. The van der Waals surface area contributed by atoms with Crippen LogP contribution < -0.4 is 19.3 Å². The van der Waals surface area contributed by atoms with Gasteiger partial charge >= 0.3 is 0 Å². The SMILES string of the molecule is COc1ccc(OC)c(N2Cc3nc(N(C)C)ncc3C2=O)c1. The van der Waals surface area contributed by atoms with Crippen molar-refractivity contribution in [3.63, 3.8) is 0 Å². The van der Waals surface area contributed by atoms with Crippen molar-refractivity contribution in [3.05, 3.63) is 35.7 Å². The van der Waals surface area contributed by atoms with Crippen molar-refractivity contribution >= 4 is 17.5 Å². The molecule has 2 heterocycles. The van der Waals surface area contributed by atoms with Crippen molar-refractivity contribution in [1.82, 2.24) is 9.97 Å². The lowest BCUT2D eigenvalue weighted by atomic mass is 10.2. The van der Waals surface area contributed by atoms with Gasteiger partial charge in [-0.05, 0) is 12.1 Å². The zero-order chi connectivity index (χ0) is 16.6. The van der Waals surface area contributed by atoms with Crippen LogP contribution in [0.5, 0.6) is 11.5 Å². The summed E-state index contributed by atoms with van der Waals surface area (Å²) in [6.07, 6.45) is 1.58. The van der Waals surface area contributed by atoms with Gasteiger partial charge in [-0.25, -0.2) is 9.97 Å². The first-order chi connectivity index (χ1) is 11.0. The molecule has 0 saturated carbocycles. The molecule has 3 rings (SSSR count). The summed E-state index contributed by atoms with van der Waals surface area (Å²) in [5, 5.41) is 0. The number of hydrogen-bond donors (Lipinski definition) is 0. The number of anilines is 2. The zero-order valence-electron chi connectivity index (χ0n) is 13.5. The van der Waals surface area contributed by atoms with Gasteiger partial charge in [0.15, 0.2) is 0 Å². The summed E-state index contributed by atoms with van der Waals surface area (Å²) in [5.74, 6) is 1.70. The predicted molar refractivity (Wildman–Crippen MR) is 86.4 cm³/mol. The largest absolute Gasteiger partial charge is 0.497 e. The number of hydrogen-bond acceptors (Lipinski definition) is 6. The fourth-order valence-corrected chi connectivity index (χ4v) is 2.49. The van der Waals surface area contributed by atoms with Crippen LogP contribution in [0.2, 0.25) is 0 Å². The number of carbonyl (C=O) groups is 1. The van der Waals surface area contributed by atoms with Crippen LogP contribution in [0, 0.1) is 0 Å². The van der Waals surface area contributed by atoms with Gasteiger partial charge in [-0.3, -0.25) is 9.69 Å². The van der Waals surface area contributed by atoms with Gasteiger partial charge in [0, 0.05) is 26.4 Å². The molecule has 0 bridgehead atoms. The van der Waals surface area contributed by atoms with Crippen molar-refractivity contribution in [1.29, 1.82) is 0 Å². The number of aromatic nitrogens is 2. The van der Waals surface area contributed by atoms with E-state index in [2.05, 4.69) is 9.97 Å². The minimum atomic E-state index is -0.142. The molecule has 2 aromatic rings. The fraction of sp³-hybridized carbons (Fsp3) is 0.312. The van der Waals surface area contributed by atoms with Crippen molar-refractivity contribution in [2.24, 2.45) is 0 Å². The first kappa shape index (κ1) is 15.1. The van der Waals surface area contributed by atoms with E-state index < -0.39 is 0 Å². The Morgan fingerprint density at radius 1 is 1.22 bits per heavy atom. The highest BCUT2D eigenvalue weighted by molar-refractivity contribution is 6.10. The number of ether oxygens (including phenoxy) is 2. The average Bonchev–Trinajstić information content (AvgIpc) is 2.90. The predicted octanol–water partition coefficient (Wildman–Crippen LogP) is 1.72. The average molecular weight is 314 g/mol. The summed E-state index contributed by atoms with van der Waals surface area (Å²) in [6, 6.07) is 5.35. The maximum absolute atomic E-state index is 12.7. The standard InChI is InChI=1S/C16H18N4O3/c1-19(2)16-17-8-11-12(18-16)9-20(15(11)21)13-7-10(22-3)5-6-14(13)23-4/h5-8H,9H2,1-4H3. The molecule has 1 aliphatic rings. The highest BCUT2D eigenvalue weighted by atomic mass is 16.5. The molecule has 7 nitrogen and oxygen atoms in total. The van der Waals surface area contributed by atoms with Gasteiger partial charge in [0.25, 0.3) is 5.91 Å². The zero-order valence-corrected chi connectivity index (χ0v) is 13.5. The molecule has 1 aliphatic heterocycles. The van der Waals surface area contributed by atoms with E-state index in [9.17, 15) is 4.79 Å². The maximum Gasteiger partial charge on any atom is 0.262 e. The van der Waals surface area contributed by atoms with Crippen molar-refractivity contribution in [3.8, 4) is 11.5 Å². The quantitative estimate of drug-likeness (QED) is 0.856. The number of rotatable bonds is 4. The second kappa shape index (κ2) is 5.75. The molecule has 1 aromatic carbocycles. The molecule has 0 atom stereocenters. The third-order valence-electron chi connectivity index (χ3n) is 3.72. The molecule has 120 valence electrons. The summed E-state index contributed by atoms with van der Waals surface area (Å²) in [4.78, 5) is 24.8. The van der Waals surface area contributed by atoms with Gasteiger partial charge in [0.2, 0.25) is 5.95 Å². The molecule has 0 fully saturated rings. The molecule has 1 amide bonds. The van der Waals surface area contributed by atoms with Gasteiger partial charge < -0.3 is 14.4 Å². The van der Waals surface area contributed by atoms with Crippen LogP contribution in [-0.2, 0) is 6.54 Å². The van der Waals surface area contributed by atoms with Crippen LogP contribution in [0.25, 0.3) is 0 Å². The molecule has 0 saturated heterocycles. The third kappa shape index (κ3) is 2.54. The third-order valence-corrected chi connectivity index (χ3v) is 3.72. The van der Waals surface area contributed by atoms with Crippen LogP contribution in [0.3, 0.4) is 0 Å². The molecule has 0 N–H and O–H groups in total. The van der Waals surface area contributed by atoms with E-state index in [4.69, 9.17) is 9.47 Å². The van der Waals surface area contributed by atoms with Crippen LogP contribution in [0.1, 0.15) is 16.1 Å². The monoisotopic (exact) mass is 314 g/mol. The number of fused-ring (bicyclic) bond motifs is 1. The summed E-state index contributed by atoms with van der Waals surface area (Å²) >= 11 is 0. The van der Waals surface area contributed by atoms with Crippen molar-refractivity contribution < 1.29 is 14.3 Å². The minimum Gasteiger partial charge on any atom is -0.497 e. The Bertz CT molecular complexity index is 761. The summed E-state index contributed by atoms with van der Waals surface area (Å²) in [5.41, 5.74) is 1.88. The van der Waals surface area contributed by atoms with Gasteiger partial charge in [-0.1, -0.05) is 0 Å². The summed E-state index contributed by atoms with van der Waals surface area (Å²) in [7, 11) is 6.88. The number of benzene rings is 1. The van der Waals surface area contributed by atoms with Crippen LogP contribution in [0.15, 0.2) is 24.4 Å². The number of carbonyl (C=O) groups excluding carboxylic acids is 1. The van der Waals surface area contributed by atoms with Crippen LogP contribution in [-0.4, -0.2) is 44.2 Å². The lowest BCUT2D eigenvalue weighted by Crippen LogP contribution is -2.23. The van der Waals surface area contributed by atoms with E-state index in [1.165, 1.54) is 0 Å². The first-order valence-corrected chi connectivity index (χ1v) is 7.12. The van der Waals surface area contributed by atoms with Crippen molar-refractivity contribution in [2.75, 3.05) is 38.1 Å². The normalized spacial score (nSPS) is 13.0. The van der Waals surface area contributed by atoms with E-state index in [1.807, 2.05) is 14.1 Å². The molecule has 0 spiro atoms. The lowest BCUT2D eigenvalue weighted by molar-refractivity contribution is 0.0995. The van der Waals surface area contributed by atoms with Crippen LogP contribution >= 0.6 is 0 Å². The molecule has 0 aliphatic carbocycles. The molecule has 1 aromatic heterocycles. The Kier molecular flexibility index (Phi) is 3.77. The van der Waals surface area contributed by atoms with E-state index in [0.717, 1.165) is 0 Å². The second-order valence-electron chi connectivity index (χ2n) is 5.35. The number of methoxy groups -OCH3 is 2. The molecule has 0 unspecified atom stereocenters. The van der Waals surface area contributed by atoms with Gasteiger partial charge in [0.05, 0.1) is 37.7 Å². The lowest BCUT2D eigenvalue weighted by Gasteiger charge is -2.19. The second-order valence-corrected chi connectivity index (χ2v) is 5.35. The van der Waals surface area contributed by atoms with E-state index in [-0.39, 0.29) is 5.91 Å². The van der Waals surface area contributed by atoms with E-state index in [0.29, 0.717) is 40.9 Å². The molecular weight excluding hydrogens is 296 g/mol. The summed E-state index contributed by atoms with van der Waals surface area (Å²) in [6.45, 7) is 0.376. The van der Waals surface area contributed by atoms with Gasteiger partial charge in [0.1, 0.15) is 11.5 Å².